The van der Waals surface area contributed by atoms with Crippen LogP contribution in [0.3, 0.4) is 0 Å². The third kappa shape index (κ3) is 3.37. The summed E-state index contributed by atoms with van der Waals surface area (Å²) in [7, 11) is 1.58. The first-order chi connectivity index (χ1) is 12.5. The van der Waals surface area contributed by atoms with Crippen LogP contribution in [0.4, 0.5) is 0 Å². The Labute approximate surface area is 148 Å². The summed E-state index contributed by atoms with van der Waals surface area (Å²) >= 11 is 0. The molecule has 0 N–H and O–H groups in total. The second-order valence-corrected chi connectivity index (χ2v) is 5.57. The van der Waals surface area contributed by atoms with Crippen molar-refractivity contribution in [3.63, 3.8) is 0 Å². The predicted octanol–water partition coefficient (Wildman–Crippen LogP) is 2.67. The van der Waals surface area contributed by atoms with E-state index in [1.807, 2.05) is 0 Å². The van der Waals surface area contributed by atoms with Crippen molar-refractivity contribution in [1.29, 1.82) is 0 Å². The smallest absolute Gasteiger partial charge is 0.374 e. The number of para-hydroxylation sites is 1. The highest BCUT2D eigenvalue weighted by Crippen LogP contribution is 2.27. The number of nitrogens with zero attached hydrogens (tertiary/aromatic N) is 1. The lowest BCUT2D eigenvalue weighted by atomic mass is 10.1. The molecule has 0 saturated heterocycles. The van der Waals surface area contributed by atoms with Crippen LogP contribution in [0.25, 0.3) is 11.0 Å². The fraction of sp³-hybridized carbons (Fsp3) is 0.211. The fourth-order valence-electron chi connectivity index (χ4n) is 2.50. The van der Waals surface area contributed by atoms with Gasteiger partial charge in [0.2, 0.25) is 5.76 Å². The molecule has 3 aromatic rings. The zero-order chi connectivity index (χ0) is 18.7. The molecular formula is C19H17NO6. The number of hydrogen-bond acceptors (Lipinski definition) is 6. The van der Waals surface area contributed by atoms with Gasteiger partial charge in [-0.2, -0.15) is 0 Å². The molecule has 0 radical (unpaired) electrons. The van der Waals surface area contributed by atoms with E-state index in [-0.39, 0.29) is 30.1 Å². The van der Waals surface area contributed by atoms with E-state index in [9.17, 15) is 14.4 Å². The average molecular weight is 355 g/mol. The molecule has 2 aromatic heterocycles. The molecule has 0 atom stereocenters. The lowest BCUT2D eigenvalue weighted by molar-refractivity contribution is 0.0435. The van der Waals surface area contributed by atoms with Crippen molar-refractivity contribution in [2.24, 2.45) is 7.05 Å². The zero-order valence-corrected chi connectivity index (χ0v) is 14.4. The van der Waals surface area contributed by atoms with Crippen molar-refractivity contribution in [3.05, 3.63) is 69.8 Å². The molecule has 0 aliphatic rings. The largest absolute Gasteiger partial charge is 0.460 e. The molecule has 0 aliphatic heterocycles. The Morgan fingerprint density at radius 1 is 1.12 bits per heavy atom. The van der Waals surface area contributed by atoms with Crippen molar-refractivity contribution in [2.45, 2.75) is 13.5 Å². The number of carbonyl (C=O) groups is 2. The lowest BCUT2D eigenvalue weighted by Crippen LogP contribution is -2.18. The quantitative estimate of drug-likeness (QED) is 0.654. The summed E-state index contributed by atoms with van der Waals surface area (Å²) in [5.74, 6) is -1.28. The van der Waals surface area contributed by atoms with E-state index in [1.165, 1.54) is 22.9 Å². The molecule has 0 spiro atoms. The third-order valence-electron chi connectivity index (χ3n) is 3.85. The van der Waals surface area contributed by atoms with E-state index in [1.54, 1.807) is 38.2 Å². The van der Waals surface area contributed by atoms with Gasteiger partial charge >= 0.3 is 11.9 Å². The number of hydrogen-bond donors (Lipinski definition) is 0. The number of aryl methyl sites for hydroxylation is 1. The van der Waals surface area contributed by atoms with E-state index in [4.69, 9.17) is 13.9 Å². The normalized spacial score (nSPS) is 10.7. The molecule has 2 heterocycles. The molecule has 1 aromatic carbocycles. The Hall–Kier alpha value is -3.35. The first-order valence-electron chi connectivity index (χ1n) is 8.02. The summed E-state index contributed by atoms with van der Waals surface area (Å²) in [6.45, 7) is 1.71. The summed E-state index contributed by atoms with van der Waals surface area (Å²) < 4.78 is 17.2. The number of ether oxygens (including phenoxy) is 2. The van der Waals surface area contributed by atoms with Gasteiger partial charge in [-0.3, -0.25) is 4.79 Å². The first kappa shape index (κ1) is 17.5. The van der Waals surface area contributed by atoms with Crippen LogP contribution in [0.2, 0.25) is 0 Å². The Bertz CT molecular complexity index is 1030. The SMILES string of the molecule is CCOC(=O)c1oc2ccccc2c1COC(=O)c1ccn(C)c(=O)c1. The van der Waals surface area contributed by atoms with Crippen molar-refractivity contribution in [2.75, 3.05) is 6.61 Å². The van der Waals surface area contributed by atoms with Crippen LogP contribution in [0.5, 0.6) is 0 Å². The number of pyridine rings is 1. The van der Waals surface area contributed by atoms with Crippen LogP contribution < -0.4 is 5.56 Å². The number of carbonyl (C=O) groups excluding carboxylic acids is 2. The van der Waals surface area contributed by atoms with Gasteiger partial charge in [0.15, 0.2) is 0 Å². The molecule has 0 aliphatic carbocycles. The van der Waals surface area contributed by atoms with Gasteiger partial charge in [-0.25, -0.2) is 9.59 Å². The van der Waals surface area contributed by atoms with Crippen LogP contribution in [0.1, 0.15) is 33.4 Å². The van der Waals surface area contributed by atoms with Crippen LogP contribution in [0, 0.1) is 0 Å². The number of fused-ring (bicyclic) bond motifs is 1. The molecule has 0 saturated carbocycles. The summed E-state index contributed by atoms with van der Waals surface area (Å²) in [4.78, 5) is 36.0. The monoisotopic (exact) mass is 355 g/mol. The molecular weight excluding hydrogens is 338 g/mol. The minimum Gasteiger partial charge on any atom is -0.460 e. The number of aromatic nitrogens is 1. The standard InChI is InChI=1S/C19H17NO6/c1-3-24-19(23)17-14(13-6-4-5-7-15(13)26-17)11-25-18(22)12-8-9-20(2)16(21)10-12/h4-10H,3,11H2,1-2H3. The van der Waals surface area contributed by atoms with Gasteiger partial charge in [-0.15, -0.1) is 0 Å². The minimum atomic E-state index is -0.664. The zero-order valence-electron chi connectivity index (χ0n) is 14.4. The maximum absolute atomic E-state index is 12.2. The van der Waals surface area contributed by atoms with Gasteiger partial charge in [0.05, 0.1) is 17.7 Å². The van der Waals surface area contributed by atoms with E-state index in [0.29, 0.717) is 16.5 Å². The Kier molecular flexibility index (Phi) is 4.88. The number of furan rings is 1. The van der Waals surface area contributed by atoms with Gasteiger partial charge in [-0.05, 0) is 19.1 Å². The van der Waals surface area contributed by atoms with E-state index in [2.05, 4.69) is 0 Å². The maximum Gasteiger partial charge on any atom is 0.374 e. The third-order valence-corrected chi connectivity index (χ3v) is 3.85. The first-order valence-corrected chi connectivity index (χ1v) is 8.02. The molecule has 0 fully saturated rings. The van der Waals surface area contributed by atoms with E-state index < -0.39 is 11.9 Å². The van der Waals surface area contributed by atoms with Gasteiger partial charge in [-0.1, -0.05) is 18.2 Å². The van der Waals surface area contributed by atoms with Crippen LogP contribution in [0.15, 0.2) is 51.8 Å². The van der Waals surface area contributed by atoms with Crippen molar-refractivity contribution < 1.29 is 23.5 Å². The Morgan fingerprint density at radius 2 is 1.88 bits per heavy atom. The highest BCUT2D eigenvalue weighted by molar-refractivity contribution is 5.96. The summed E-state index contributed by atoms with van der Waals surface area (Å²) in [6, 6.07) is 9.73. The fourth-order valence-corrected chi connectivity index (χ4v) is 2.50. The van der Waals surface area contributed by atoms with Crippen molar-refractivity contribution in [1.82, 2.24) is 4.57 Å². The summed E-state index contributed by atoms with van der Waals surface area (Å²) in [5, 5.41) is 0.660. The van der Waals surface area contributed by atoms with Crippen LogP contribution >= 0.6 is 0 Å². The molecule has 0 amide bonds. The van der Waals surface area contributed by atoms with E-state index >= 15 is 0 Å². The predicted molar refractivity (Wildman–Crippen MR) is 93.0 cm³/mol. The highest BCUT2D eigenvalue weighted by atomic mass is 16.5. The van der Waals surface area contributed by atoms with Crippen molar-refractivity contribution in [3.8, 4) is 0 Å². The second-order valence-electron chi connectivity index (χ2n) is 5.57. The van der Waals surface area contributed by atoms with Crippen LogP contribution in [-0.4, -0.2) is 23.1 Å². The maximum atomic E-state index is 12.2. The Balaban J connectivity index is 1.88. The van der Waals surface area contributed by atoms with Crippen LogP contribution in [-0.2, 0) is 23.1 Å². The molecule has 7 heteroatoms. The van der Waals surface area contributed by atoms with Gasteiger partial charge in [0, 0.05) is 24.7 Å². The van der Waals surface area contributed by atoms with E-state index in [0.717, 1.165) is 0 Å². The van der Waals surface area contributed by atoms with Gasteiger partial charge in [0.25, 0.3) is 5.56 Å². The highest BCUT2D eigenvalue weighted by Gasteiger charge is 2.23. The number of esters is 2. The van der Waals surface area contributed by atoms with Gasteiger partial charge < -0.3 is 18.5 Å². The molecule has 134 valence electrons. The molecule has 0 unspecified atom stereocenters. The summed E-state index contributed by atoms with van der Waals surface area (Å²) in [5.41, 5.74) is 0.741. The number of benzene rings is 1. The topological polar surface area (TPSA) is 87.7 Å². The second kappa shape index (κ2) is 7.26. The molecule has 7 nitrogen and oxygen atoms in total. The number of rotatable bonds is 5. The van der Waals surface area contributed by atoms with Crippen molar-refractivity contribution >= 4 is 22.9 Å². The molecule has 3 rings (SSSR count). The average Bonchev–Trinajstić information content (AvgIpc) is 3.01. The van der Waals surface area contributed by atoms with Gasteiger partial charge in [0.1, 0.15) is 12.2 Å². The minimum absolute atomic E-state index is 0.00447. The summed E-state index contributed by atoms with van der Waals surface area (Å²) in [6.07, 6.45) is 1.48. The lowest BCUT2D eigenvalue weighted by Gasteiger charge is -2.06. The molecule has 26 heavy (non-hydrogen) atoms. The molecule has 0 bridgehead atoms. The Morgan fingerprint density at radius 3 is 2.62 bits per heavy atom.